The lowest BCUT2D eigenvalue weighted by atomic mass is 9.95. The lowest BCUT2D eigenvalue weighted by Gasteiger charge is -2.20. The number of rotatable bonds is 6. The topological polar surface area (TPSA) is 99.6 Å². The molecule has 37 heavy (non-hydrogen) atoms. The lowest BCUT2D eigenvalue weighted by Crippen LogP contribution is -2.29. The van der Waals surface area contributed by atoms with Crippen LogP contribution >= 0.6 is 31.9 Å². The van der Waals surface area contributed by atoms with Crippen molar-refractivity contribution in [1.29, 1.82) is 0 Å². The molecule has 4 rings (SSSR count). The normalized spacial score (nSPS) is 11.8. The molecule has 0 aliphatic rings. The molecule has 190 valence electrons. The first kappa shape index (κ1) is 26.6. The minimum atomic E-state index is -0.597. The zero-order valence-corrected chi connectivity index (χ0v) is 23.2. The molecule has 11 heteroatoms. The number of aromatic nitrogens is 2. The number of halogens is 3. The maximum atomic E-state index is 14.0. The molecule has 0 saturated carbocycles. The van der Waals surface area contributed by atoms with Crippen molar-refractivity contribution >= 4 is 54.7 Å². The van der Waals surface area contributed by atoms with Gasteiger partial charge in [0, 0.05) is 27.1 Å². The van der Waals surface area contributed by atoms with Gasteiger partial charge in [-0.25, -0.2) is 9.37 Å². The van der Waals surface area contributed by atoms with Crippen molar-refractivity contribution in [3.63, 3.8) is 0 Å². The predicted molar refractivity (Wildman–Crippen MR) is 147 cm³/mol. The molecule has 0 atom stereocenters. The third kappa shape index (κ3) is 5.78. The summed E-state index contributed by atoms with van der Waals surface area (Å²) in [5, 5.41) is 16.6. The molecule has 0 radical (unpaired) electrons. The van der Waals surface area contributed by atoms with Crippen molar-refractivity contribution in [2.45, 2.75) is 32.8 Å². The number of nitro benzene ring substituents is 1. The van der Waals surface area contributed by atoms with Crippen LogP contribution in [0.3, 0.4) is 0 Å². The molecule has 4 aromatic rings. The van der Waals surface area contributed by atoms with Gasteiger partial charge in [0.25, 0.3) is 5.56 Å². The van der Waals surface area contributed by atoms with E-state index in [4.69, 9.17) is 4.74 Å². The van der Waals surface area contributed by atoms with Gasteiger partial charge in [0.2, 0.25) is 5.75 Å². The summed E-state index contributed by atoms with van der Waals surface area (Å²) in [5.74, 6) is -0.0849. The van der Waals surface area contributed by atoms with Crippen LogP contribution in [0.1, 0.15) is 37.7 Å². The summed E-state index contributed by atoms with van der Waals surface area (Å²) in [5.41, 5.74) is -0.0764. The highest BCUT2D eigenvalue weighted by molar-refractivity contribution is 9.10. The Kier molecular flexibility index (Phi) is 7.56. The molecule has 0 saturated heterocycles. The molecule has 3 aromatic carbocycles. The smallest absolute Gasteiger partial charge is 0.312 e. The summed E-state index contributed by atoms with van der Waals surface area (Å²) in [6, 6.07) is 14.1. The highest BCUT2D eigenvalue weighted by Crippen LogP contribution is 2.37. The Morgan fingerprint density at radius 2 is 1.89 bits per heavy atom. The van der Waals surface area contributed by atoms with Gasteiger partial charge < -0.3 is 4.74 Å². The molecule has 1 heterocycles. The molecule has 0 aliphatic heterocycles. The van der Waals surface area contributed by atoms with Crippen molar-refractivity contribution in [2.24, 2.45) is 5.10 Å². The van der Waals surface area contributed by atoms with Crippen molar-refractivity contribution < 1.29 is 14.1 Å². The average Bonchev–Trinajstić information content (AvgIpc) is 2.83. The zero-order chi connectivity index (χ0) is 26.9. The summed E-state index contributed by atoms with van der Waals surface area (Å²) in [6.07, 6.45) is 1.35. The number of ether oxygens (including phenoxy) is 1. The molecule has 0 bridgehead atoms. The monoisotopic (exact) mass is 630 g/mol. The lowest BCUT2D eigenvalue weighted by molar-refractivity contribution is -0.386. The summed E-state index contributed by atoms with van der Waals surface area (Å²) < 4.78 is 21.8. The van der Waals surface area contributed by atoms with Gasteiger partial charge in [-0.15, -0.1) is 0 Å². The van der Waals surface area contributed by atoms with Crippen LogP contribution in [0.2, 0.25) is 0 Å². The molecule has 0 N–H and O–H groups in total. The number of hydrogen-bond acceptors (Lipinski definition) is 6. The maximum absolute atomic E-state index is 14.0. The Morgan fingerprint density at radius 3 is 2.57 bits per heavy atom. The number of benzene rings is 3. The summed E-state index contributed by atoms with van der Waals surface area (Å²) in [6.45, 7) is 5.54. The van der Waals surface area contributed by atoms with Gasteiger partial charge in [0.1, 0.15) is 18.2 Å². The van der Waals surface area contributed by atoms with Gasteiger partial charge in [0.05, 0.1) is 26.5 Å². The molecular weight excluding hydrogens is 611 g/mol. The highest BCUT2D eigenvalue weighted by Gasteiger charge is 2.24. The van der Waals surface area contributed by atoms with Gasteiger partial charge in [-0.2, -0.15) is 9.78 Å². The minimum absolute atomic E-state index is 0.0461. The van der Waals surface area contributed by atoms with Crippen LogP contribution in [0, 0.1) is 15.9 Å². The Morgan fingerprint density at radius 1 is 1.16 bits per heavy atom. The van der Waals surface area contributed by atoms with E-state index in [9.17, 15) is 19.3 Å². The molecule has 0 aliphatic carbocycles. The van der Waals surface area contributed by atoms with E-state index in [-0.39, 0.29) is 33.6 Å². The van der Waals surface area contributed by atoms with Crippen LogP contribution in [-0.4, -0.2) is 20.8 Å². The molecule has 8 nitrogen and oxygen atoms in total. The first-order valence-electron chi connectivity index (χ1n) is 11.1. The number of fused-ring (bicyclic) bond motifs is 1. The fourth-order valence-electron chi connectivity index (χ4n) is 3.58. The standard InChI is InChI=1S/C26H21Br2FN4O4/c1-26(2,3)25-31-21-9-8-17(27)12-18(21)24(34)32(25)30-13-15-10-19(28)23(22(11-15)33(35)36)37-14-16-6-4-5-7-20(16)29/h4-13H,14H2,1-3H3. The highest BCUT2D eigenvalue weighted by atomic mass is 79.9. The first-order chi connectivity index (χ1) is 17.5. The van der Waals surface area contributed by atoms with Crippen LogP contribution in [-0.2, 0) is 12.0 Å². The molecule has 0 unspecified atom stereocenters. The summed E-state index contributed by atoms with van der Waals surface area (Å²) in [4.78, 5) is 29.2. The fourth-order valence-corrected chi connectivity index (χ4v) is 4.53. The first-order valence-corrected chi connectivity index (χ1v) is 12.7. The van der Waals surface area contributed by atoms with Crippen LogP contribution in [0.15, 0.2) is 73.4 Å². The van der Waals surface area contributed by atoms with E-state index in [1.54, 1.807) is 36.4 Å². The second kappa shape index (κ2) is 10.5. The molecular formula is C26H21Br2FN4O4. The van der Waals surface area contributed by atoms with E-state index >= 15 is 0 Å². The van der Waals surface area contributed by atoms with Gasteiger partial charge >= 0.3 is 5.69 Å². The van der Waals surface area contributed by atoms with Gasteiger partial charge in [-0.3, -0.25) is 14.9 Å². The van der Waals surface area contributed by atoms with E-state index in [2.05, 4.69) is 41.9 Å². The van der Waals surface area contributed by atoms with Gasteiger partial charge in [-0.1, -0.05) is 54.9 Å². The van der Waals surface area contributed by atoms with Crippen molar-refractivity contribution in [3.8, 4) is 5.75 Å². The number of nitro groups is 1. The quantitative estimate of drug-likeness (QED) is 0.133. The number of nitrogens with zero attached hydrogens (tertiary/aromatic N) is 4. The fraction of sp³-hybridized carbons (Fsp3) is 0.192. The average molecular weight is 632 g/mol. The largest absolute Gasteiger partial charge is 0.481 e. The van der Waals surface area contributed by atoms with Crippen molar-refractivity contribution in [3.05, 3.63) is 107 Å². The minimum Gasteiger partial charge on any atom is -0.481 e. The van der Waals surface area contributed by atoms with Crippen LogP contribution in [0.5, 0.6) is 5.75 Å². The van der Waals surface area contributed by atoms with E-state index in [0.717, 1.165) is 4.47 Å². The maximum Gasteiger partial charge on any atom is 0.312 e. The van der Waals surface area contributed by atoms with Gasteiger partial charge in [0.15, 0.2) is 0 Å². The molecule has 0 fully saturated rings. The Labute approximate surface area is 228 Å². The zero-order valence-electron chi connectivity index (χ0n) is 20.0. The van der Waals surface area contributed by atoms with Crippen molar-refractivity contribution in [2.75, 3.05) is 0 Å². The molecule has 0 spiro atoms. The van der Waals surface area contributed by atoms with Crippen LogP contribution in [0.4, 0.5) is 10.1 Å². The van der Waals surface area contributed by atoms with Crippen LogP contribution < -0.4 is 10.3 Å². The van der Waals surface area contributed by atoms with E-state index in [0.29, 0.717) is 22.3 Å². The Hall–Kier alpha value is -3.44. The van der Waals surface area contributed by atoms with Crippen LogP contribution in [0.25, 0.3) is 10.9 Å². The third-order valence-corrected chi connectivity index (χ3v) is 6.46. The predicted octanol–water partition coefficient (Wildman–Crippen LogP) is 6.73. The SMILES string of the molecule is CC(C)(C)c1nc2ccc(Br)cc2c(=O)n1N=Cc1cc(Br)c(OCc2ccccc2F)c([N+](=O)[O-])c1. The molecule has 0 amide bonds. The Balaban J connectivity index is 1.76. The second-order valence-corrected chi connectivity index (χ2v) is 11.0. The third-order valence-electron chi connectivity index (χ3n) is 5.37. The molecule has 1 aromatic heterocycles. The number of hydrogen-bond donors (Lipinski definition) is 0. The summed E-state index contributed by atoms with van der Waals surface area (Å²) in [7, 11) is 0. The van der Waals surface area contributed by atoms with E-state index in [1.807, 2.05) is 20.8 Å². The van der Waals surface area contributed by atoms with Gasteiger partial charge in [-0.05, 0) is 46.3 Å². The van der Waals surface area contributed by atoms with E-state index < -0.39 is 16.2 Å². The summed E-state index contributed by atoms with van der Waals surface area (Å²) >= 11 is 6.69. The second-order valence-electron chi connectivity index (χ2n) is 9.20. The van der Waals surface area contributed by atoms with E-state index in [1.165, 1.54) is 29.1 Å². The Bertz CT molecular complexity index is 1610. The van der Waals surface area contributed by atoms with Crippen molar-refractivity contribution in [1.82, 2.24) is 9.66 Å².